The fraction of sp³-hybridized carbons (Fsp3) is 0.367. The Labute approximate surface area is 247 Å². The summed E-state index contributed by atoms with van der Waals surface area (Å²) in [5.74, 6) is -1.37. The van der Waals surface area contributed by atoms with Gasteiger partial charge in [0.2, 0.25) is 0 Å². The number of likely N-dealkylation sites (N-methyl/N-ethyl adjacent to an activating group) is 1. The molecule has 2 N–H and O–H groups in total. The van der Waals surface area contributed by atoms with Gasteiger partial charge in [0.05, 0.1) is 34.4 Å². The van der Waals surface area contributed by atoms with Gasteiger partial charge in [-0.3, -0.25) is 14.4 Å². The number of aliphatic hydroxyl groups is 1. The molecule has 8 nitrogen and oxygen atoms in total. The van der Waals surface area contributed by atoms with Gasteiger partial charge in [0.1, 0.15) is 11.9 Å². The summed E-state index contributed by atoms with van der Waals surface area (Å²) in [6.45, 7) is 4.05. The van der Waals surface area contributed by atoms with Crippen molar-refractivity contribution in [1.29, 1.82) is 0 Å². The first-order valence-corrected chi connectivity index (χ1v) is 15.0. The molecule has 232 valence electrons. The summed E-state index contributed by atoms with van der Waals surface area (Å²) in [4.78, 5) is 16.8. The molecule has 1 amide bonds. The minimum absolute atomic E-state index is 0.00345. The van der Waals surface area contributed by atoms with Gasteiger partial charge in [-0.1, -0.05) is 25.1 Å². The maximum atomic E-state index is 13.7. The predicted molar refractivity (Wildman–Crippen MR) is 153 cm³/mol. The number of para-hydroxylation sites is 1. The largest absolute Gasteiger partial charge is 0.486 e. The molecule has 13 heteroatoms. The molecule has 0 radical (unpaired) electrons. The number of fused-ring (bicyclic) bond motifs is 1. The van der Waals surface area contributed by atoms with E-state index in [0.717, 1.165) is 36.4 Å². The van der Waals surface area contributed by atoms with Gasteiger partial charge < -0.3 is 14.7 Å². The van der Waals surface area contributed by atoms with Crippen molar-refractivity contribution in [3.63, 3.8) is 0 Å². The lowest BCUT2D eigenvalue weighted by Crippen LogP contribution is -2.49. The van der Waals surface area contributed by atoms with Gasteiger partial charge >= 0.3 is 6.18 Å². The lowest BCUT2D eigenvalue weighted by Gasteiger charge is -2.38. The Morgan fingerprint density at radius 2 is 1.74 bits per heavy atom. The number of hydrogen-bond donors (Lipinski definition) is 2. The van der Waals surface area contributed by atoms with Crippen LogP contribution in [0, 0.1) is 11.7 Å². The number of nitrogens with one attached hydrogen (secondary N) is 1. The van der Waals surface area contributed by atoms with Crippen molar-refractivity contribution in [3.05, 3.63) is 89.2 Å². The molecule has 1 aliphatic heterocycles. The smallest absolute Gasteiger partial charge is 0.416 e. The zero-order valence-corrected chi connectivity index (χ0v) is 24.6. The van der Waals surface area contributed by atoms with Crippen molar-refractivity contribution in [2.45, 2.75) is 43.6 Å². The molecule has 0 saturated carbocycles. The Kier molecular flexibility index (Phi) is 9.67. The summed E-state index contributed by atoms with van der Waals surface area (Å²) in [5.41, 5.74) is -0.0168. The van der Waals surface area contributed by atoms with E-state index >= 15 is 0 Å². The van der Waals surface area contributed by atoms with Gasteiger partial charge in [0.25, 0.3) is 15.9 Å². The van der Waals surface area contributed by atoms with Crippen molar-refractivity contribution < 1.29 is 40.6 Å². The second-order valence-corrected chi connectivity index (χ2v) is 12.4. The third-order valence-corrected chi connectivity index (χ3v) is 8.67. The zero-order chi connectivity index (χ0) is 31.5. The summed E-state index contributed by atoms with van der Waals surface area (Å²) < 4.78 is 87.6. The number of rotatable bonds is 9. The van der Waals surface area contributed by atoms with Crippen LogP contribution in [0.2, 0.25) is 0 Å². The lowest BCUT2D eigenvalue weighted by atomic mass is 9.99. The first kappa shape index (κ1) is 32.2. The number of amides is 1. The number of hydrogen-bond acceptors (Lipinski definition) is 6. The molecule has 1 heterocycles. The first-order valence-electron chi connectivity index (χ1n) is 13.5. The minimum Gasteiger partial charge on any atom is -0.486 e. The van der Waals surface area contributed by atoms with E-state index in [2.05, 4.69) is 4.72 Å². The number of sulfonamides is 1. The number of aliphatic hydroxyl groups excluding tert-OH is 1. The number of carbonyl (C=O) groups excluding carboxylic acids is 1. The van der Waals surface area contributed by atoms with E-state index in [-0.39, 0.29) is 47.5 Å². The fourth-order valence-corrected chi connectivity index (χ4v) is 5.90. The molecule has 3 atom stereocenters. The molecular formula is C30H33F4N3O5S. The third-order valence-electron chi connectivity index (χ3n) is 7.28. The highest BCUT2D eigenvalue weighted by atomic mass is 32.2. The molecular weight excluding hydrogens is 590 g/mol. The highest BCUT2D eigenvalue weighted by Crippen LogP contribution is 2.36. The normalized spacial score (nSPS) is 18.4. The molecule has 3 aromatic rings. The number of nitrogens with zero attached hydrogens (tertiary/aromatic N) is 2. The van der Waals surface area contributed by atoms with E-state index in [4.69, 9.17) is 4.74 Å². The number of alkyl halides is 3. The van der Waals surface area contributed by atoms with Crippen LogP contribution in [-0.4, -0.2) is 68.1 Å². The first-order chi connectivity index (χ1) is 20.2. The Morgan fingerprint density at radius 3 is 2.35 bits per heavy atom. The second-order valence-electron chi connectivity index (χ2n) is 10.8. The Morgan fingerprint density at radius 1 is 1.09 bits per heavy atom. The number of carbonyl (C=O) groups is 1. The average molecular weight is 624 g/mol. The molecule has 43 heavy (non-hydrogen) atoms. The van der Waals surface area contributed by atoms with Gasteiger partial charge in [-0.2, -0.15) is 13.2 Å². The molecule has 0 spiro atoms. The number of ether oxygens (including phenoxy) is 1. The van der Waals surface area contributed by atoms with Crippen LogP contribution in [0.5, 0.6) is 5.75 Å². The predicted octanol–water partition coefficient (Wildman–Crippen LogP) is 5.00. The van der Waals surface area contributed by atoms with Crippen LogP contribution in [-0.2, 0) is 22.7 Å². The summed E-state index contributed by atoms with van der Waals surface area (Å²) in [7, 11) is -2.42. The van der Waals surface area contributed by atoms with E-state index in [9.17, 15) is 35.9 Å². The Balaban J connectivity index is 1.66. The molecule has 0 saturated heterocycles. The van der Waals surface area contributed by atoms with E-state index in [0.29, 0.717) is 12.1 Å². The van der Waals surface area contributed by atoms with E-state index < -0.39 is 45.6 Å². The zero-order valence-electron chi connectivity index (χ0n) is 23.8. The molecule has 0 bridgehead atoms. The molecule has 0 aliphatic carbocycles. The van der Waals surface area contributed by atoms with E-state index in [1.54, 1.807) is 14.0 Å². The van der Waals surface area contributed by atoms with Gasteiger partial charge in [-0.05, 0) is 68.1 Å². The molecule has 0 fully saturated rings. The van der Waals surface area contributed by atoms with Gasteiger partial charge in [-0.25, -0.2) is 12.8 Å². The standard InChI is InChI=1S/C30H33F4N3O5S/c1-19-15-37(20(2)18-38)29(39)25-5-4-6-26(35-43(40,41)24-13-11-23(31)12-14-24)28(25)42-27(19)17-36(3)16-21-7-9-22(10-8-21)30(32,33)34/h4-14,19-20,27,35,38H,15-18H2,1-3H3/t19-,20+,27-/m1/s1. The van der Waals surface area contributed by atoms with Crippen LogP contribution in [0.1, 0.15) is 35.3 Å². The average Bonchev–Trinajstić information content (AvgIpc) is 2.94. The summed E-state index contributed by atoms with van der Waals surface area (Å²) in [6.07, 6.45) is -5.04. The molecule has 4 rings (SSSR count). The maximum Gasteiger partial charge on any atom is 0.416 e. The summed E-state index contributed by atoms with van der Waals surface area (Å²) >= 11 is 0. The molecule has 0 unspecified atom stereocenters. The van der Waals surface area contributed by atoms with Crippen LogP contribution in [0.15, 0.2) is 71.6 Å². The van der Waals surface area contributed by atoms with Gasteiger partial charge in [0, 0.05) is 25.6 Å². The molecule has 1 aliphatic rings. The van der Waals surface area contributed by atoms with Crippen molar-refractivity contribution in [3.8, 4) is 5.75 Å². The van der Waals surface area contributed by atoms with Crippen molar-refractivity contribution >= 4 is 21.6 Å². The van der Waals surface area contributed by atoms with Gasteiger partial charge in [-0.15, -0.1) is 0 Å². The van der Waals surface area contributed by atoms with Crippen LogP contribution in [0.3, 0.4) is 0 Å². The lowest BCUT2D eigenvalue weighted by molar-refractivity contribution is -0.137. The van der Waals surface area contributed by atoms with Crippen LogP contribution in [0.25, 0.3) is 0 Å². The molecule has 0 aromatic heterocycles. The van der Waals surface area contributed by atoms with Crippen LogP contribution >= 0.6 is 0 Å². The number of halogens is 4. The molecule has 3 aromatic carbocycles. The monoisotopic (exact) mass is 623 g/mol. The van der Waals surface area contributed by atoms with E-state index in [1.807, 2.05) is 11.8 Å². The van der Waals surface area contributed by atoms with Crippen molar-refractivity contribution in [2.75, 3.05) is 31.5 Å². The fourth-order valence-electron chi connectivity index (χ4n) is 4.84. The maximum absolute atomic E-state index is 13.7. The minimum atomic E-state index is -4.44. The highest BCUT2D eigenvalue weighted by molar-refractivity contribution is 7.92. The van der Waals surface area contributed by atoms with Crippen LogP contribution < -0.4 is 9.46 Å². The van der Waals surface area contributed by atoms with Crippen LogP contribution in [0.4, 0.5) is 23.2 Å². The Hall–Kier alpha value is -3.68. The topological polar surface area (TPSA) is 99.2 Å². The summed E-state index contributed by atoms with van der Waals surface area (Å²) in [6, 6.07) is 13.0. The second kappa shape index (κ2) is 12.9. The third kappa shape index (κ3) is 7.64. The van der Waals surface area contributed by atoms with Crippen molar-refractivity contribution in [1.82, 2.24) is 9.80 Å². The quantitative estimate of drug-likeness (QED) is 0.326. The number of anilines is 1. The highest BCUT2D eigenvalue weighted by Gasteiger charge is 2.35. The van der Waals surface area contributed by atoms with Gasteiger partial charge in [0.15, 0.2) is 5.75 Å². The Bertz CT molecular complexity index is 1530. The number of benzene rings is 3. The van der Waals surface area contributed by atoms with E-state index in [1.165, 1.54) is 35.2 Å². The summed E-state index contributed by atoms with van der Waals surface area (Å²) in [5, 5.41) is 9.88. The SMILES string of the molecule is C[C@@H]1CN([C@@H](C)CO)C(=O)c2cccc(NS(=O)(=O)c3ccc(F)cc3)c2O[C@@H]1CN(C)Cc1ccc(C(F)(F)F)cc1. The van der Waals surface area contributed by atoms with Crippen molar-refractivity contribution in [2.24, 2.45) is 5.92 Å².